The first-order valence-corrected chi connectivity index (χ1v) is 9.02. The van der Waals surface area contributed by atoms with Gasteiger partial charge in [-0.2, -0.15) is 20.5 Å². The molecule has 0 amide bonds. The molecule has 2 aliphatic rings. The molecule has 0 radical (unpaired) electrons. The summed E-state index contributed by atoms with van der Waals surface area (Å²) in [5.74, 6) is 0. The van der Waals surface area contributed by atoms with Crippen molar-refractivity contribution in [2.75, 3.05) is 38.8 Å². The number of hydrogen-bond donors (Lipinski definition) is 1. The quantitative estimate of drug-likeness (QED) is 0.481. The summed E-state index contributed by atoms with van der Waals surface area (Å²) in [4.78, 5) is 2.54. The first kappa shape index (κ1) is 17.4. The molecule has 0 aliphatic carbocycles. The molecule has 1 aromatic rings. The molecule has 0 saturated heterocycles. The molecule has 24 heavy (non-hydrogen) atoms. The number of methoxy groups -OCH3 is 1. The first-order valence-electron chi connectivity index (χ1n) is 8.51. The summed E-state index contributed by atoms with van der Waals surface area (Å²) in [5, 5.41) is 16.2. The summed E-state index contributed by atoms with van der Waals surface area (Å²) in [6.45, 7) is 2.58. The van der Waals surface area contributed by atoms with Crippen LogP contribution in [0.2, 0.25) is 0 Å². The van der Waals surface area contributed by atoms with Crippen LogP contribution >= 0.6 is 12.6 Å². The van der Waals surface area contributed by atoms with E-state index in [0.29, 0.717) is 0 Å². The summed E-state index contributed by atoms with van der Waals surface area (Å²) in [7, 11) is 3.33. The van der Waals surface area contributed by atoms with Gasteiger partial charge in [-0.25, -0.2) is 0 Å². The lowest BCUT2D eigenvalue weighted by molar-refractivity contribution is 0.175. The van der Waals surface area contributed by atoms with E-state index in [1.165, 1.54) is 35.2 Å². The minimum atomic E-state index is -0.137. The highest BCUT2D eigenvalue weighted by molar-refractivity contribution is 7.80. The lowest BCUT2D eigenvalue weighted by Crippen LogP contribution is -2.35. The van der Waals surface area contributed by atoms with Gasteiger partial charge in [-0.15, -0.1) is 12.6 Å². The van der Waals surface area contributed by atoms with Crippen LogP contribution in [0.15, 0.2) is 26.5 Å². The molecule has 6 nitrogen and oxygen atoms in total. The predicted octanol–water partition coefficient (Wildman–Crippen LogP) is 3.95. The second kappa shape index (κ2) is 8.07. The van der Waals surface area contributed by atoms with Gasteiger partial charge < -0.3 is 9.64 Å². The fourth-order valence-electron chi connectivity index (χ4n) is 3.68. The average molecular weight is 347 g/mol. The topological polar surface area (TPSA) is 61.9 Å². The van der Waals surface area contributed by atoms with E-state index >= 15 is 0 Å². The molecule has 1 unspecified atom stereocenters. The van der Waals surface area contributed by atoms with E-state index in [-0.39, 0.29) is 12.1 Å². The Bertz CT molecular complexity index is 644. The molecule has 0 aromatic heterocycles. The SMILES string of the molecule is CN=NCN=Nc1cc2c3c(c1CC(S)OC)CCCN3CCC2. The minimum absolute atomic E-state index is 0.137. The second-order valence-corrected chi connectivity index (χ2v) is 6.75. The predicted molar refractivity (Wildman–Crippen MR) is 98.9 cm³/mol. The van der Waals surface area contributed by atoms with E-state index in [4.69, 9.17) is 4.74 Å². The Kier molecular flexibility index (Phi) is 5.84. The molecule has 0 N–H and O–H groups in total. The number of benzene rings is 1. The number of nitrogens with zero attached hydrogens (tertiary/aromatic N) is 5. The van der Waals surface area contributed by atoms with Crippen LogP contribution in [0.1, 0.15) is 29.5 Å². The van der Waals surface area contributed by atoms with Crippen molar-refractivity contribution in [3.8, 4) is 0 Å². The number of thiol groups is 1. The van der Waals surface area contributed by atoms with Crippen molar-refractivity contribution < 1.29 is 4.74 Å². The average Bonchev–Trinajstić information content (AvgIpc) is 2.61. The van der Waals surface area contributed by atoms with Gasteiger partial charge in [0.2, 0.25) is 0 Å². The van der Waals surface area contributed by atoms with E-state index in [9.17, 15) is 0 Å². The van der Waals surface area contributed by atoms with E-state index in [0.717, 1.165) is 38.0 Å². The number of hydrogen-bond acceptors (Lipinski definition) is 7. The third-order valence-corrected chi connectivity index (χ3v) is 5.11. The third-order valence-electron chi connectivity index (χ3n) is 4.72. The lowest BCUT2D eigenvalue weighted by Gasteiger charge is -2.38. The van der Waals surface area contributed by atoms with Crippen LogP contribution in [-0.2, 0) is 24.0 Å². The molecule has 3 rings (SSSR count). The van der Waals surface area contributed by atoms with Crippen LogP contribution in [0.4, 0.5) is 11.4 Å². The maximum atomic E-state index is 5.39. The van der Waals surface area contributed by atoms with Gasteiger partial charge in [-0.1, -0.05) is 0 Å². The molecule has 0 bridgehead atoms. The van der Waals surface area contributed by atoms with Crippen LogP contribution in [0.5, 0.6) is 0 Å². The van der Waals surface area contributed by atoms with Gasteiger partial charge in [0.25, 0.3) is 0 Å². The van der Waals surface area contributed by atoms with Crippen LogP contribution < -0.4 is 4.90 Å². The van der Waals surface area contributed by atoms with Gasteiger partial charge in [0.1, 0.15) is 5.44 Å². The van der Waals surface area contributed by atoms with E-state index in [1.54, 1.807) is 14.2 Å². The number of aryl methyl sites for hydroxylation is 1. The van der Waals surface area contributed by atoms with E-state index in [1.807, 2.05) is 0 Å². The zero-order valence-electron chi connectivity index (χ0n) is 14.4. The van der Waals surface area contributed by atoms with Crippen LogP contribution in [0, 0.1) is 0 Å². The Morgan fingerprint density at radius 2 is 2.04 bits per heavy atom. The lowest BCUT2D eigenvalue weighted by atomic mass is 9.86. The van der Waals surface area contributed by atoms with Crippen molar-refractivity contribution in [1.82, 2.24) is 0 Å². The molecular formula is C17H25N5OS. The fourth-order valence-corrected chi connectivity index (χ4v) is 3.86. The second-order valence-electron chi connectivity index (χ2n) is 6.17. The van der Waals surface area contributed by atoms with E-state index in [2.05, 4.69) is 44.1 Å². The maximum absolute atomic E-state index is 5.39. The Morgan fingerprint density at radius 1 is 1.25 bits per heavy atom. The normalized spacial score (nSPS) is 18.4. The van der Waals surface area contributed by atoms with E-state index < -0.39 is 0 Å². The molecule has 7 heteroatoms. The molecule has 0 fully saturated rings. The molecule has 1 atom stereocenters. The Morgan fingerprint density at radius 3 is 2.79 bits per heavy atom. The first-order chi connectivity index (χ1) is 11.7. The monoisotopic (exact) mass is 347 g/mol. The van der Waals surface area contributed by atoms with Crippen molar-refractivity contribution in [2.45, 2.75) is 37.5 Å². The summed E-state index contributed by atoms with van der Waals surface area (Å²) in [6, 6.07) is 2.20. The summed E-state index contributed by atoms with van der Waals surface area (Å²) >= 11 is 4.52. The van der Waals surface area contributed by atoms with Crippen molar-refractivity contribution in [1.29, 1.82) is 0 Å². The highest BCUT2D eigenvalue weighted by Crippen LogP contribution is 2.42. The highest BCUT2D eigenvalue weighted by Gasteiger charge is 2.28. The number of anilines is 1. The molecule has 2 aliphatic heterocycles. The van der Waals surface area contributed by atoms with Crippen LogP contribution in [0.25, 0.3) is 0 Å². The molecule has 2 heterocycles. The number of azo groups is 2. The van der Waals surface area contributed by atoms with Crippen LogP contribution in [-0.4, -0.2) is 39.4 Å². The van der Waals surface area contributed by atoms with Gasteiger partial charge in [-0.05, 0) is 48.4 Å². The molecule has 1 aromatic carbocycles. The Labute approximate surface area is 148 Å². The summed E-state index contributed by atoms with van der Waals surface area (Å²) < 4.78 is 5.39. The summed E-state index contributed by atoms with van der Waals surface area (Å²) in [6.07, 6.45) is 5.34. The molecular weight excluding hydrogens is 322 g/mol. The molecule has 0 saturated carbocycles. The number of ether oxygens (including phenoxy) is 1. The summed E-state index contributed by atoms with van der Waals surface area (Å²) in [5.41, 5.74) is 6.28. The van der Waals surface area contributed by atoms with Crippen molar-refractivity contribution in [2.24, 2.45) is 20.5 Å². The van der Waals surface area contributed by atoms with Gasteiger partial charge >= 0.3 is 0 Å². The zero-order chi connectivity index (χ0) is 16.9. The Balaban J connectivity index is 2.04. The Hall–Kier alpha value is -1.47. The van der Waals surface area contributed by atoms with Gasteiger partial charge in [0.05, 0.1) is 5.69 Å². The standard InChI is InChI=1S/C17H25N5OS/c1-18-19-11-20-21-15-9-12-5-3-7-22-8-4-6-13(17(12)22)14(15)10-16(24)23-2/h9,16,24H,3-8,10-11H2,1-2H3. The van der Waals surface area contributed by atoms with Crippen molar-refractivity contribution in [3.05, 3.63) is 22.8 Å². The number of rotatable bonds is 6. The largest absolute Gasteiger partial charge is 0.371 e. The zero-order valence-corrected chi connectivity index (χ0v) is 15.3. The van der Waals surface area contributed by atoms with Crippen molar-refractivity contribution in [3.63, 3.8) is 0 Å². The van der Waals surface area contributed by atoms with Crippen LogP contribution in [0.3, 0.4) is 0 Å². The van der Waals surface area contributed by atoms with Crippen molar-refractivity contribution >= 4 is 24.0 Å². The van der Waals surface area contributed by atoms with Gasteiger partial charge in [0, 0.05) is 39.4 Å². The highest BCUT2D eigenvalue weighted by atomic mass is 32.1. The van der Waals surface area contributed by atoms with Gasteiger partial charge in [0.15, 0.2) is 6.67 Å². The molecule has 130 valence electrons. The van der Waals surface area contributed by atoms with Gasteiger partial charge in [-0.3, -0.25) is 0 Å². The minimum Gasteiger partial charge on any atom is -0.371 e. The fraction of sp³-hybridized carbons (Fsp3) is 0.647. The maximum Gasteiger partial charge on any atom is 0.171 e. The molecule has 0 spiro atoms. The third kappa shape index (κ3) is 3.62. The smallest absolute Gasteiger partial charge is 0.171 e.